The fourth-order valence-corrected chi connectivity index (χ4v) is 2.02. The van der Waals surface area contributed by atoms with E-state index in [1.807, 2.05) is 6.92 Å². The number of anilines is 1. The van der Waals surface area contributed by atoms with Gasteiger partial charge >= 0.3 is 5.97 Å². The van der Waals surface area contributed by atoms with Crippen molar-refractivity contribution in [3.8, 4) is 5.75 Å². The van der Waals surface area contributed by atoms with Crippen LogP contribution in [0, 0.1) is 12.7 Å². The number of carbonyl (C=O) groups excluding carboxylic acids is 2. The van der Waals surface area contributed by atoms with Crippen molar-refractivity contribution < 1.29 is 23.5 Å². The molecule has 8 heteroatoms. The van der Waals surface area contributed by atoms with E-state index in [0.717, 1.165) is 24.8 Å². The molecule has 0 unspecified atom stereocenters. The van der Waals surface area contributed by atoms with Crippen molar-refractivity contribution in [2.45, 2.75) is 13.5 Å². The number of ether oxygens (including phenoxy) is 2. The van der Waals surface area contributed by atoms with Crippen molar-refractivity contribution in [2.24, 2.45) is 0 Å². The summed E-state index contributed by atoms with van der Waals surface area (Å²) in [5.41, 5.74) is 0.830. The van der Waals surface area contributed by atoms with Crippen LogP contribution in [0.3, 0.4) is 0 Å². The van der Waals surface area contributed by atoms with Crippen molar-refractivity contribution in [3.63, 3.8) is 0 Å². The van der Waals surface area contributed by atoms with Crippen molar-refractivity contribution >= 4 is 17.6 Å². The maximum atomic E-state index is 13.6. The van der Waals surface area contributed by atoms with Crippen LogP contribution < -0.4 is 10.1 Å². The number of benzene rings is 1. The van der Waals surface area contributed by atoms with Crippen LogP contribution in [0.25, 0.3) is 0 Å². The average molecular weight is 321 g/mol. The quantitative estimate of drug-likeness (QED) is 0.849. The fraction of sp³-hybridized carbons (Fsp3) is 0.267. The maximum Gasteiger partial charge on any atom is 0.340 e. The van der Waals surface area contributed by atoms with Crippen LogP contribution >= 0.6 is 0 Å². The standard InChI is InChI=1S/C15H16FN3O4/c1-9-6-17-19(7-9)8-13(20)18-14-11(15(21)23-3)4-10(16)5-12(14)22-2/h4-7H,8H2,1-3H3,(H,18,20). The van der Waals surface area contributed by atoms with Gasteiger partial charge in [0, 0.05) is 12.3 Å². The smallest absolute Gasteiger partial charge is 0.340 e. The van der Waals surface area contributed by atoms with Crippen molar-refractivity contribution in [3.05, 3.63) is 41.5 Å². The maximum absolute atomic E-state index is 13.6. The molecule has 1 N–H and O–H groups in total. The van der Waals surface area contributed by atoms with Crippen LogP contribution in [0.5, 0.6) is 5.75 Å². The molecular formula is C15H16FN3O4. The van der Waals surface area contributed by atoms with Gasteiger partial charge in [0.25, 0.3) is 0 Å². The molecule has 1 amide bonds. The van der Waals surface area contributed by atoms with Gasteiger partial charge in [-0.15, -0.1) is 0 Å². The highest BCUT2D eigenvalue weighted by Crippen LogP contribution is 2.30. The summed E-state index contributed by atoms with van der Waals surface area (Å²) < 4.78 is 24.6. The van der Waals surface area contributed by atoms with Gasteiger partial charge in [-0.1, -0.05) is 0 Å². The van der Waals surface area contributed by atoms with E-state index in [0.29, 0.717) is 0 Å². The topological polar surface area (TPSA) is 82.5 Å². The first-order valence-electron chi connectivity index (χ1n) is 6.69. The normalized spacial score (nSPS) is 10.3. The van der Waals surface area contributed by atoms with Crippen molar-refractivity contribution in [1.29, 1.82) is 0 Å². The lowest BCUT2D eigenvalue weighted by Gasteiger charge is -2.14. The molecule has 1 aromatic heterocycles. The molecule has 0 atom stereocenters. The van der Waals surface area contributed by atoms with Crippen LogP contribution in [0.2, 0.25) is 0 Å². The fourth-order valence-electron chi connectivity index (χ4n) is 2.02. The number of rotatable bonds is 5. The Labute approximate surface area is 132 Å². The molecule has 23 heavy (non-hydrogen) atoms. The summed E-state index contributed by atoms with van der Waals surface area (Å²) >= 11 is 0. The predicted octanol–water partition coefficient (Wildman–Crippen LogP) is 1.76. The number of amides is 1. The Morgan fingerprint density at radius 3 is 2.65 bits per heavy atom. The molecule has 0 aliphatic heterocycles. The van der Waals surface area contributed by atoms with Gasteiger partial charge in [0.2, 0.25) is 5.91 Å². The zero-order valence-corrected chi connectivity index (χ0v) is 12.9. The van der Waals surface area contributed by atoms with Gasteiger partial charge < -0.3 is 14.8 Å². The summed E-state index contributed by atoms with van der Waals surface area (Å²) in [6.45, 7) is 1.79. The summed E-state index contributed by atoms with van der Waals surface area (Å²) in [6, 6.07) is 2.04. The summed E-state index contributed by atoms with van der Waals surface area (Å²) in [4.78, 5) is 23.9. The molecule has 0 aliphatic rings. The monoisotopic (exact) mass is 321 g/mol. The first-order chi connectivity index (χ1) is 10.9. The molecule has 0 radical (unpaired) electrons. The van der Waals surface area contributed by atoms with Crippen LogP contribution in [-0.4, -0.2) is 35.9 Å². The Morgan fingerprint density at radius 2 is 2.09 bits per heavy atom. The van der Waals surface area contributed by atoms with Crippen molar-refractivity contribution in [2.75, 3.05) is 19.5 Å². The number of hydrogen-bond acceptors (Lipinski definition) is 5. The predicted molar refractivity (Wildman–Crippen MR) is 79.9 cm³/mol. The number of aromatic nitrogens is 2. The van der Waals surface area contributed by atoms with Gasteiger partial charge in [-0.2, -0.15) is 5.10 Å². The number of esters is 1. The molecule has 2 aromatic rings. The second-order valence-electron chi connectivity index (χ2n) is 4.79. The molecule has 1 aromatic carbocycles. The first kappa shape index (κ1) is 16.5. The van der Waals surface area contributed by atoms with Crippen molar-refractivity contribution in [1.82, 2.24) is 9.78 Å². The number of carbonyl (C=O) groups is 2. The molecule has 0 aliphatic carbocycles. The zero-order chi connectivity index (χ0) is 17.0. The Balaban J connectivity index is 2.29. The minimum Gasteiger partial charge on any atom is -0.494 e. The van der Waals surface area contributed by atoms with Crippen LogP contribution in [-0.2, 0) is 16.1 Å². The van der Waals surface area contributed by atoms with E-state index in [1.165, 1.54) is 11.8 Å². The van der Waals surface area contributed by atoms with Gasteiger partial charge in [-0.05, 0) is 18.6 Å². The van der Waals surface area contributed by atoms with Crippen LogP contribution in [0.15, 0.2) is 24.5 Å². The van der Waals surface area contributed by atoms with Gasteiger partial charge in [0.1, 0.15) is 18.1 Å². The largest absolute Gasteiger partial charge is 0.494 e. The number of nitrogens with zero attached hydrogens (tertiary/aromatic N) is 2. The number of nitrogens with one attached hydrogen (secondary N) is 1. The van der Waals surface area contributed by atoms with Crippen LogP contribution in [0.1, 0.15) is 15.9 Å². The summed E-state index contributed by atoms with van der Waals surface area (Å²) in [5.74, 6) is -1.88. The average Bonchev–Trinajstić information content (AvgIpc) is 2.92. The molecule has 0 spiro atoms. The molecule has 2 rings (SSSR count). The SMILES string of the molecule is COC(=O)c1cc(F)cc(OC)c1NC(=O)Cn1cc(C)cn1. The van der Waals surface area contributed by atoms with E-state index in [2.05, 4.69) is 15.2 Å². The van der Waals surface area contributed by atoms with Gasteiger partial charge in [-0.25, -0.2) is 9.18 Å². The summed E-state index contributed by atoms with van der Waals surface area (Å²) in [5, 5.41) is 6.54. The number of methoxy groups -OCH3 is 2. The van der Waals surface area contributed by atoms with Gasteiger partial charge in [0.05, 0.1) is 31.7 Å². The Morgan fingerprint density at radius 1 is 1.35 bits per heavy atom. The van der Waals surface area contributed by atoms with Gasteiger partial charge in [0.15, 0.2) is 0 Å². The molecule has 7 nitrogen and oxygen atoms in total. The first-order valence-corrected chi connectivity index (χ1v) is 6.69. The second-order valence-corrected chi connectivity index (χ2v) is 4.79. The molecule has 1 heterocycles. The Bertz CT molecular complexity index is 742. The minimum atomic E-state index is -0.784. The highest BCUT2D eigenvalue weighted by Gasteiger charge is 2.20. The second kappa shape index (κ2) is 6.91. The summed E-state index contributed by atoms with van der Waals surface area (Å²) in [6.07, 6.45) is 3.31. The highest BCUT2D eigenvalue weighted by molar-refractivity contribution is 6.03. The lowest BCUT2D eigenvalue weighted by molar-refractivity contribution is -0.116. The van der Waals surface area contributed by atoms with E-state index < -0.39 is 17.7 Å². The van der Waals surface area contributed by atoms with E-state index in [9.17, 15) is 14.0 Å². The third kappa shape index (κ3) is 3.85. The van der Waals surface area contributed by atoms with E-state index in [1.54, 1.807) is 12.4 Å². The van der Waals surface area contributed by atoms with Crippen LogP contribution in [0.4, 0.5) is 10.1 Å². The molecular weight excluding hydrogens is 305 g/mol. The molecule has 0 bridgehead atoms. The lowest BCUT2D eigenvalue weighted by atomic mass is 10.1. The molecule has 122 valence electrons. The molecule has 0 fully saturated rings. The highest BCUT2D eigenvalue weighted by atomic mass is 19.1. The Kier molecular flexibility index (Phi) is 4.95. The third-order valence-electron chi connectivity index (χ3n) is 3.02. The number of halogens is 1. The third-order valence-corrected chi connectivity index (χ3v) is 3.02. The van der Waals surface area contributed by atoms with E-state index in [-0.39, 0.29) is 23.5 Å². The van der Waals surface area contributed by atoms with E-state index >= 15 is 0 Å². The zero-order valence-electron chi connectivity index (χ0n) is 12.9. The summed E-state index contributed by atoms with van der Waals surface area (Å²) in [7, 11) is 2.47. The number of hydrogen-bond donors (Lipinski definition) is 1. The minimum absolute atomic E-state index is 0.0235. The molecule has 0 saturated carbocycles. The van der Waals surface area contributed by atoms with E-state index in [4.69, 9.17) is 4.74 Å². The number of aryl methyl sites for hydroxylation is 1. The molecule has 0 saturated heterocycles. The lowest BCUT2D eigenvalue weighted by Crippen LogP contribution is -2.21. The Hall–Kier alpha value is -2.90. The van der Waals surface area contributed by atoms with Gasteiger partial charge in [-0.3, -0.25) is 9.48 Å².